The summed E-state index contributed by atoms with van der Waals surface area (Å²) in [7, 11) is 0. The van der Waals surface area contributed by atoms with Gasteiger partial charge in [0.25, 0.3) is 0 Å². The number of hydrogen-bond donors (Lipinski definition) is 4. The highest BCUT2D eigenvalue weighted by Gasteiger charge is 2.30. The molecule has 0 amide bonds. The first-order valence-corrected chi connectivity index (χ1v) is 6.30. The molecular formula is C14H24O6. The smallest absolute Gasteiger partial charge is 0.327 e. The molecule has 0 aromatic carbocycles. The van der Waals surface area contributed by atoms with Crippen LogP contribution in [0.15, 0.2) is 25.3 Å². The zero-order valence-corrected chi connectivity index (χ0v) is 11.6. The zero-order chi connectivity index (χ0) is 16.0. The zero-order valence-electron chi connectivity index (χ0n) is 11.6. The van der Waals surface area contributed by atoms with Crippen molar-refractivity contribution in [2.75, 3.05) is 13.2 Å². The van der Waals surface area contributed by atoms with E-state index in [0.29, 0.717) is 0 Å². The number of aliphatic hydroxyl groups excluding tert-OH is 2. The van der Waals surface area contributed by atoms with E-state index in [4.69, 9.17) is 20.4 Å². The van der Waals surface area contributed by atoms with Crippen molar-refractivity contribution < 1.29 is 30.0 Å². The highest BCUT2D eigenvalue weighted by Crippen LogP contribution is 2.34. The van der Waals surface area contributed by atoms with Gasteiger partial charge in [-0.1, -0.05) is 32.4 Å². The maximum Gasteiger partial charge on any atom is 0.327 e. The summed E-state index contributed by atoms with van der Waals surface area (Å²) in [6.45, 7) is 6.23. The summed E-state index contributed by atoms with van der Waals surface area (Å²) < 4.78 is 0. The molecule has 0 aliphatic heterocycles. The summed E-state index contributed by atoms with van der Waals surface area (Å²) in [5.41, 5.74) is -0.127. The van der Waals surface area contributed by atoms with E-state index in [9.17, 15) is 9.59 Å². The third-order valence-electron chi connectivity index (χ3n) is 2.93. The molecule has 0 spiro atoms. The lowest BCUT2D eigenvalue weighted by Crippen LogP contribution is -2.31. The second-order valence-corrected chi connectivity index (χ2v) is 4.46. The number of rotatable bonds is 4. The minimum absolute atomic E-state index is 0.127. The van der Waals surface area contributed by atoms with Crippen LogP contribution in [-0.4, -0.2) is 45.6 Å². The first-order chi connectivity index (χ1) is 9.37. The molecule has 0 radical (unpaired) electrons. The van der Waals surface area contributed by atoms with Gasteiger partial charge in [-0.2, -0.15) is 0 Å². The van der Waals surface area contributed by atoms with Gasteiger partial charge in [-0.05, 0) is 12.8 Å². The predicted molar refractivity (Wildman–Crippen MR) is 75.4 cm³/mol. The van der Waals surface area contributed by atoms with Crippen LogP contribution in [0.1, 0.15) is 32.1 Å². The highest BCUT2D eigenvalue weighted by molar-refractivity contribution is 5.79. The van der Waals surface area contributed by atoms with Crippen LogP contribution in [-0.2, 0) is 9.59 Å². The van der Waals surface area contributed by atoms with Gasteiger partial charge in [0.2, 0.25) is 0 Å². The molecular weight excluding hydrogens is 264 g/mol. The van der Waals surface area contributed by atoms with Gasteiger partial charge in [-0.25, -0.2) is 9.59 Å². The van der Waals surface area contributed by atoms with Gasteiger partial charge in [-0.15, -0.1) is 0 Å². The lowest BCUT2D eigenvalue weighted by Gasteiger charge is -2.33. The van der Waals surface area contributed by atoms with Crippen LogP contribution in [0.5, 0.6) is 0 Å². The average molecular weight is 288 g/mol. The molecule has 0 saturated heterocycles. The van der Waals surface area contributed by atoms with Gasteiger partial charge in [0.15, 0.2) is 0 Å². The molecule has 6 nitrogen and oxygen atoms in total. The monoisotopic (exact) mass is 288 g/mol. The predicted octanol–water partition coefficient (Wildman–Crippen LogP) is 1.44. The van der Waals surface area contributed by atoms with Gasteiger partial charge in [-0.3, -0.25) is 0 Å². The quantitative estimate of drug-likeness (QED) is 0.582. The van der Waals surface area contributed by atoms with Crippen molar-refractivity contribution in [1.82, 2.24) is 0 Å². The Morgan fingerprint density at radius 3 is 1.35 bits per heavy atom. The van der Waals surface area contributed by atoms with E-state index in [1.807, 2.05) is 0 Å². The molecule has 20 heavy (non-hydrogen) atoms. The molecule has 0 aromatic rings. The maximum absolute atomic E-state index is 9.25. The standard InChI is InChI=1S/C8H16O2.2C3H4O2/c9-6-8(7-10)4-2-1-3-5-8;2*1-2-3(4)5/h9-10H,1-7H2;2*2H,1H2,(H,4,5). The number of hydrogen-bond acceptors (Lipinski definition) is 4. The molecule has 4 N–H and O–H groups in total. The number of carboxylic acid groups (broad SMARTS) is 2. The van der Waals surface area contributed by atoms with E-state index in [0.717, 1.165) is 25.0 Å². The van der Waals surface area contributed by atoms with Crippen molar-refractivity contribution in [3.63, 3.8) is 0 Å². The molecule has 6 heteroatoms. The molecule has 0 heterocycles. The fraction of sp³-hybridized carbons (Fsp3) is 0.571. The Kier molecular flexibility index (Phi) is 12.8. The van der Waals surface area contributed by atoms with Gasteiger partial charge < -0.3 is 20.4 Å². The molecule has 1 rings (SSSR count). The largest absolute Gasteiger partial charge is 0.478 e. The van der Waals surface area contributed by atoms with Crippen molar-refractivity contribution in [3.05, 3.63) is 25.3 Å². The summed E-state index contributed by atoms with van der Waals surface area (Å²) in [5.74, 6) is -1.96. The molecule has 0 bridgehead atoms. The highest BCUT2D eigenvalue weighted by atomic mass is 16.4. The maximum atomic E-state index is 9.25. The van der Waals surface area contributed by atoms with Crippen LogP contribution < -0.4 is 0 Å². The fourth-order valence-corrected chi connectivity index (χ4v) is 1.67. The molecule has 0 aromatic heterocycles. The van der Waals surface area contributed by atoms with Crippen LogP contribution in [0.25, 0.3) is 0 Å². The Hall–Kier alpha value is -1.66. The third-order valence-corrected chi connectivity index (χ3v) is 2.93. The lowest BCUT2D eigenvalue weighted by atomic mass is 9.75. The summed E-state index contributed by atoms with van der Waals surface area (Å²) in [4.78, 5) is 18.5. The average Bonchev–Trinajstić information content (AvgIpc) is 2.49. The van der Waals surface area contributed by atoms with Crippen LogP contribution in [0.4, 0.5) is 0 Å². The first kappa shape index (κ1) is 20.7. The van der Waals surface area contributed by atoms with Crippen molar-refractivity contribution in [2.24, 2.45) is 5.41 Å². The van der Waals surface area contributed by atoms with Crippen LogP contribution in [0, 0.1) is 5.41 Å². The Bertz CT molecular complexity index is 281. The molecule has 1 saturated carbocycles. The summed E-state index contributed by atoms with van der Waals surface area (Å²) in [6, 6.07) is 0. The number of aliphatic hydroxyl groups is 2. The van der Waals surface area contributed by atoms with E-state index in [-0.39, 0.29) is 18.6 Å². The fourth-order valence-electron chi connectivity index (χ4n) is 1.67. The normalized spacial score (nSPS) is 15.5. The summed E-state index contributed by atoms with van der Waals surface area (Å²) >= 11 is 0. The van der Waals surface area contributed by atoms with E-state index in [1.165, 1.54) is 19.3 Å². The minimum Gasteiger partial charge on any atom is -0.478 e. The summed E-state index contributed by atoms with van der Waals surface area (Å²) in [6.07, 6.45) is 7.27. The molecule has 1 aliphatic rings. The summed E-state index contributed by atoms with van der Waals surface area (Å²) in [5, 5.41) is 33.2. The van der Waals surface area contributed by atoms with Gasteiger partial charge in [0.05, 0.1) is 13.2 Å². The lowest BCUT2D eigenvalue weighted by molar-refractivity contribution is -0.132. The Morgan fingerprint density at radius 1 is 0.900 bits per heavy atom. The van der Waals surface area contributed by atoms with Crippen LogP contribution in [0.3, 0.4) is 0 Å². The second-order valence-electron chi connectivity index (χ2n) is 4.46. The van der Waals surface area contributed by atoms with Gasteiger partial charge in [0.1, 0.15) is 0 Å². The molecule has 116 valence electrons. The third kappa shape index (κ3) is 11.4. The van der Waals surface area contributed by atoms with Crippen molar-refractivity contribution >= 4 is 11.9 Å². The van der Waals surface area contributed by atoms with E-state index in [2.05, 4.69) is 13.2 Å². The first-order valence-electron chi connectivity index (χ1n) is 6.30. The SMILES string of the molecule is C=CC(=O)O.C=CC(=O)O.OCC1(CO)CCCCC1. The molecule has 0 atom stereocenters. The Morgan fingerprint density at radius 2 is 1.20 bits per heavy atom. The van der Waals surface area contributed by atoms with E-state index >= 15 is 0 Å². The van der Waals surface area contributed by atoms with Crippen molar-refractivity contribution in [1.29, 1.82) is 0 Å². The molecule has 0 unspecified atom stereocenters. The Balaban J connectivity index is 0. The van der Waals surface area contributed by atoms with E-state index in [1.54, 1.807) is 0 Å². The Labute approximate surface area is 119 Å². The van der Waals surface area contributed by atoms with Crippen LogP contribution in [0.2, 0.25) is 0 Å². The number of aliphatic carboxylic acids is 2. The second kappa shape index (κ2) is 12.4. The van der Waals surface area contributed by atoms with Gasteiger partial charge in [0, 0.05) is 17.6 Å². The number of carbonyl (C=O) groups is 2. The minimum atomic E-state index is -0.981. The van der Waals surface area contributed by atoms with Crippen molar-refractivity contribution in [2.45, 2.75) is 32.1 Å². The molecule has 1 fully saturated rings. The number of carboxylic acids is 2. The topological polar surface area (TPSA) is 115 Å². The molecule has 1 aliphatic carbocycles. The van der Waals surface area contributed by atoms with Gasteiger partial charge >= 0.3 is 11.9 Å². The van der Waals surface area contributed by atoms with Crippen LogP contribution >= 0.6 is 0 Å². The van der Waals surface area contributed by atoms with E-state index < -0.39 is 11.9 Å². The van der Waals surface area contributed by atoms with Crippen molar-refractivity contribution in [3.8, 4) is 0 Å².